The molecule has 384 valence electrons. The van der Waals surface area contributed by atoms with Crippen LogP contribution in [0.3, 0.4) is 0 Å². The van der Waals surface area contributed by atoms with Gasteiger partial charge in [-0.2, -0.15) is 0 Å². The van der Waals surface area contributed by atoms with Crippen LogP contribution in [0.4, 0.5) is 0 Å². The number of carboxylic acid groups (broad SMARTS) is 2. The fraction of sp³-hybridized carbons (Fsp3) is 0.521. The lowest BCUT2D eigenvalue weighted by Gasteiger charge is -2.28. The molecule has 0 bridgehead atoms. The summed E-state index contributed by atoms with van der Waals surface area (Å²) in [5.74, 6) is -9.60. The molecule has 0 aliphatic rings. The second kappa shape index (κ2) is 27.9. The Balaban J connectivity index is 1.85. The Hall–Kier alpha value is -6.91. The van der Waals surface area contributed by atoms with Crippen LogP contribution < -0.4 is 43.0 Å². The number of hydrogen-bond acceptors (Lipinski definition) is 12. The van der Waals surface area contributed by atoms with E-state index in [1.807, 2.05) is 6.07 Å². The summed E-state index contributed by atoms with van der Waals surface area (Å²) in [6.07, 6.45) is 0.829. The number of nitrogens with two attached hydrogens (primary N) is 1. The summed E-state index contributed by atoms with van der Waals surface area (Å²) in [7, 11) is 0. The van der Waals surface area contributed by atoms with Gasteiger partial charge in [-0.3, -0.25) is 38.4 Å². The molecule has 1 heterocycles. The van der Waals surface area contributed by atoms with Gasteiger partial charge in [-0.15, -0.1) is 0 Å². The third kappa shape index (κ3) is 18.5. The van der Waals surface area contributed by atoms with Crippen LogP contribution in [-0.2, 0) is 56.0 Å². The number of aliphatic hydroxyl groups excluding tert-OH is 2. The molecule has 14 N–H and O–H groups in total. The minimum absolute atomic E-state index is 0.0226. The lowest BCUT2D eigenvalue weighted by molar-refractivity contribution is -0.143. The number of hydrogen-bond donors (Lipinski definition) is 13. The van der Waals surface area contributed by atoms with E-state index in [2.05, 4.69) is 42.2 Å². The van der Waals surface area contributed by atoms with Crippen LogP contribution in [0.2, 0.25) is 0 Å². The van der Waals surface area contributed by atoms with Crippen LogP contribution in [0, 0.1) is 17.8 Å². The molecule has 0 saturated heterocycles. The van der Waals surface area contributed by atoms with Gasteiger partial charge in [0, 0.05) is 29.9 Å². The predicted octanol–water partition coefficient (Wildman–Crippen LogP) is -0.644. The molecule has 0 aliphatic heterocycles. The summed E-state index contributed by atoms with van der Waals surface area (Å²) < 4.78 is 0. The Bertz CT molecular complexity index is 2270. The van der Waals surface area contributed by atoms with Gasteiger partial charge in [0.05, 0.1) is 25.7 Å². The first-order valence-electron chi connectivity index (χ1n) is 23.2. The van der Waals surface area contributed by atoms with E-state index in [0.29, 0.717) is 11.1 Å². The van der Waals surface area contributed by atoms with Gasteiger partial charge in [0.2, 0.25) is 41.4 Å². The van der Waals surface area contributed by atoms with Crippen molar-refractivity contribution in [3.05, 3.63) is 71.9 Å². The number of para-hydroxylation sites is 1. The second-order valence-corrected chi connectivity index (χ2v) is 18.5. The van der Waals surface area contributed by atoms with Gasteiger partial charge in [-0.25, -0.2) is 4.79 Å². The Morgan fingerprint density at radius 3 is 1.36 bits per heavy atom. The van der Waals surface area contributed by atoms with Crippen LogP contribution in [0.15, 0.2) is 60.8 Å². The first-order valence-corrected chi connectivity index (χ1v) is 23.2. The molecule has 22 heteroatoms. The molecule has 8 atom stereocenters. The molecule has 3 rings (SSSR count). The molecule has 70 heavy (non-hydrogen) atoms. The molecule has 0 fully saturated rings. The number of benzene rings is 2. The highest BCUT2D eigenvalue weighted by Gasteiger charge is 2.35. The minimum Gasteiger partial charge on any atom is -0.481 e. The average molecular weight is 980 g/mol. The number of nitrogens with one attached hydrogen (secondary N) is 8. The van der Waals surface area contributed by atoms with Crippen molar-refractivity contribution in [3.8, 4) is 0 Å². The summed E-state index contributed by atoms with van der Waals surface area (Å²) in [5, 5.41) is 57.5. The van der Waals surface area contributed by atoms with Crippen molar-refractivity contribution in [3.63, 3.8) is 0 Å². The highest BCUT2D eigenvalue weighted by molar-refractivity contribution is 5.98. The SMILES string of the molecule is CC(C)C[C@H](NC(=O)[C@H](Cc1c[nH]c2ccccc12)NC(=O)[C@H](CO)NC(=O)[C@H](CC(C)C)NC(=O)[C@H](CC(C)C)NC(=O)[C@H](Cc1ccccc1)NC(=O)[C@H](CO)NC(=O)[C@@H](N)CC(=O)O)C(=O)O. The molecule has 22 nitrogen and oxygen atoms in total. The van der Waals surface area contributed by atoms with Crippen LogP contribution in [0.5, 0.6) is 0 Å². The molecule has 0 aliphatic carbocycles. The molecule has 0 unspecified atom stereocenters. The van der Waals surface area contributed by atoms with Gasteiger partial charge in [-0.05, 0) is 54.2 Å². The first kappa shape index (κ1) is 57.4. The Morgan fingerprint density at radius 2 is 0.886 bits per heavy atom. The maximum atomic E-state index is 14.1. The topological polar surface area (TPSA) is 361 Å². The van der Waals surface area contributed by atoms with Crippen molar-refractivity contribution >= 4 is 64.2 Å². The number of carbonyl (C=O) groups excluding carboxylic acids is 7. The van der Waals surface area contributed by atoms with Gasteiger partial charge >= 0.3 is 11.9 Å². The number of fused-ring (bicyclic) bond motifs is 1. The van der Waals surface area contributed by atoms with Crippen LogP contribution in [0.1, 0.15) is 78.4 Å². The van der Waals surface area contributed by atoms with E-state index in [1.54, 1.807) is 96.3 Å². The maximum Gasteiger partial charge on any atom is 0.326 e. The zero-order valence-corrected chi connectivity index (χ0v) is 40.3. The van der Waals surface area contributed by atoms with Crippen molar-refractivity contribution in [2.75, 3.05) is 13.2 Å². The van der Waals surface area contributed by atoms with E-state index < -0.39 is 121 Å². The summed E-state index contributed by atoms with van der Waals surface area (Å²) in [6.45, 7) is 8.79. The lowest BCUT2D eigenvalue weighted by atomic mass is 9.99. The molecule has 7 amide bonds. The maximum absolute atomic E-state index is 14.1. The largest absolute Gasteiger partial charge is 0.481 e. The fourth-order valence-electron chi connectivity index (χ4n) is 7.47. The Labute approximate surface area is 406 Å². The number of H-pyrrole nitrogens is 1. The summed E-state index contributed by atoms with van der Waals surface area (Å²) >= 11 is 0. The smallest absolute Gasteiger partial charge is 0.326 e. The summed E-state index contributed by atoms with van der Waals surface area (Å²) in [4.78, 5) is 122. The molecule has 1 aromatic heterocycles. The number of carboxylic acids is 2. The van der Waals surface area contributed by atoms with Gasteiger partial charge in [0.15, 0.2) is 0 Å². The van der Waals surface area contributed by atoms with Crippen molar-refractivity contribution in [2.45, 2.75) is 128 Å². The molecule has 0 saturated carbocycles. The summed E-state index contributed by atoms with van der Waals surface area (Å²) in [5.41, 5.74) is 7.56. The number of amides is 7. The zero-order valence-electron chi connectivity index (χ0n) is 40.3. The number of carbonyl (C=O) groups is 9. The van der Waals surface area contributed by atoms with E-state index >= 15 is 0 Å². The molecule has 2 aromatic carbocycles. The van der Waals surface area contributed by atoms with Crippen LogP contribution in [0.25, 0.3) is 10.9 Å². The molecular formula is C48H69N9O13. The Kier molecular flexibility index (Phi) is 22.9. The van der Waals surface area contributed by atoms with E-state index in [0.717, 1.165) is 10.9 Å². The van der Waals surface area contributed by atoms with Crippen molar-refractivity contribution < 1.29 is 63.6 Å². The zero-order chi connectivity index (χ0) is 52.2. The normalized spacial score (nSPS) is 14.8. The van der Waals surface area contributed by atoms with Crippen molar-refractivity contribution in [1.82, 2.24) is 42.2 Å². The fourth-order valence-corrected chi connectivity index (χ4v) is 7.47. The third-order valence-corrected chi connectivity index (χ3v) is 11.0. The number of aromatic nitrogens is 1. The average Bonchev–Trinajstić information content (AvgIpc) is 3.70. The highest BCUT2D eigenvalue weighted by atomic mass is 16.4. The number of aliphatic hydroxyl groups is 2. The third-order valence-electron chi connectivity index (χ3n) is 11.0. The van der Waals surface area contributed by atoms with Crippen molar-refractivity contribution in [1.29, 1.82) is 0 Å². The minimum atomic E-state index is -1.66. The molecule has 3 aromatic rings. The van der Waals surface area contributed by atoms with E-state index in [4.69, 9.17) is 10.8 Å². The van der Waals surface area contributed by atoms with Gasteiger partial charge in [0.1, 0.15) is 42.3 Å². The first-order chi connectivity index (χ1) is 33.0. The quantitative estimate of drug-likeness (QED) is 0.0412. The van der Waals surface area contributed by atoms with Crippen LogP contribution in [-0.4, -0.2) is 140 Å². The summed E-state index contributed by atoms with van der Waals surface area (Å²) in [6, 6.07) is 4.14. The van der Waals surface area contributed by atoms with Gasteiger partial charge < -0.3 is 68.4 Å². The second-order valence-electron chi connectivity index (χ2n) is 18.5. The number of aromatic amines is 1. The molecule has 0 radical (unpaired) electrons. The van der Waals surface area contributed by atoms with Crippen LogP contribution >= 0.6 is 0 Å². The lowest BCUT2D eigenvalue weighted by Crippen LogP contribution is -2.61. The monoisotopic (exact) mass is 980 g/mol. The van der Waals surface area contributed by atoms with E-state index in [9.17, 15) is 58.5 Å². The van der Waals surface area contributed by atoms with E-state index in [-0.39, 0.29) is 49.9 Å². The van der Waals surface area contributed by atoms with Gasteiger partial charge in [-0.1, -0.05) is 90.1 Å². The Morgan fingerprint density at radius 1 is 0.500 bits per heavy atom. The highest BCUT2D eigenvalue weighted by Crippen LogP contribution is 2.20. The predicted molar refractivity (Wildman–Crippen MR) is 256 cm³/mol. The molecular weight excluding hydrogens is 911 g/mol. The van der Waals surface area contributed by atoms with E-state index in [1.165, 1.54) is 0 Å². The van der Waals surface area contributed by atoms with Crippen molar-refractivity contribution in [2.24, 2.45) is 23.5 Å². The van der Waals surface area contributed by atoms with Gasteiger partial charge in [0.25, 0.3) is 0 Å². The standard InChI is InChI=1S/C48H69N9O13/c1-25(2)16-33(52-44(65)35(19-28-12-8-7-9-13-28)53-46(67)38(23-58)56-41(62)31(49)21-40(60)61)42(63)51-34(17-26(3)4)43(64)57-39(24-59)47(68)54-36(45(66)55-37(48(69)70)18-27(5)6)20-29-22-50-32-15-11-10-14-30(29)32/h7-15,22,25-27,31,33-39,50,58-59H,16-21,23-24,49H2,1-6H3,(H,51,63)(H,52,65)(H,53,67)(H,54,68)(H,55,66)(H,56,62)(H,57,64)(H,60,61)(H,69,70)/t31-,33-,34-,35-,36-,37-,38-,39-/m0/s1. The number of aliphatic carboxylic acids is 2. The number of rotatable bonds is 29. The molecule has 0 spiro atoms.